The predicted molar refractivity (Wildman–Crippen MR) is 76.8 cm³/mol. The topological polar surface area (TPSA) is 57.5 Å². The largest absolute Gasteiger partial charge is 0.481 e. The summed E-state index contributed by atoms with van der Waals surface area (Å²) in [7, 11) is 0. The average Bonchev–Trinajstić information content (AvgIpc) is 2.31. The molecule has 18 heavy (non-hydrogen) atoms. The predicted octanol–water partition coefficient (Wildman–Crippen LogP) is 4.38. The number of aliphatic hydroxyl groups excluding tert-OH is 1. The Morgan fingerprint density at radius 1 is 0.944 bits per heavy atom. The van der Waals surface area contributed by atoms with Gasteiger partial charge in [-0.2, -0.15) is 0 Å². The molecule has 0 saturated carbocycles. The van der Waals surface area contributed by atoms with Gasteiger partial charge in [-0.15, -0.1) is 0 Å². The molecule has 0 aliphatic carbocycles. The second kappa shape index (κ2) is 16.4. The Kier molecular flexibility index (Phi) is 18.0. The highest BCUT2D eigenvalue weighted by Crippen LogP contribution is 2.11. The third-order valence-electron chi connectivity index (χ3n) is 2.86. The fraction of sp³-hybridized carbons (Fsp3) is 0.933. The molecular formula is C15H32O3. The molecule has 0 aromatic rings. The van der Waals surface area contributed by atoms with E-state index in [9.17, 15) is 5.11 Å². The fourth-order valence-corrected chi connectivity index (χ4v) is 1.72. The zero-order chi connectivity index (χ0) is 14.2. The Labute approximate surface area is 113 Å². The van der Waals surface area contributed by atoms with Crippen LogP contribution in [0.2, 0.25) is 0 Å². The molecule has 0 fully saturated rings. The van der Waals surface area contributed by atoms with Crippen LogP contribution >= 0.6 is 0 Å². The molecule has 0 radical (unpaired) electrons. The smallest absolute Gasteiger partial charge is 0.300 e. The van der Waals surface area contributed by atoms with E-state index in [0.717, 1.165) is 19.8 Å². The number of carboxylic acids is 1. The van der Waals surface area contributed by atoms with Crippen molar-refractivity contribution in [2.24, 2.45) is 0 Å². The van der Waals surface area contributed by atoms with E-state index in [1.807, 2.05) is 0 Å². The van der Waals surface area contributed by atoms with Crippen LogP contribution in [0, 0.1) is 0 Å². The van der Waals surface area contributed by atoms with E-state index in [2.05, 4.69) is 13.8 Å². The molecule has 0 aliphatic rings. The number of rotatable bonds is 10. The van der Waals surface area contributed by atoms with Crippen LogP contribution in [0.3, 0.4) is 0 Å². The van der Waals surface area contributed by atoms with Crippen molar-refractivity contribution in [3.63, 3.8) is 0 Å². The lowest BCUT2D eigenvalue weighted by atomic mass is 10.0. The fourth-order valence-electron chi connectivity index (χ4n) is 1.72. The Balaban J connectivity index is 0. The van der Waals surface area contributed by atoms with Crippen molar-refractivity contribution in [2.45, 2.75) is 91.1 Å². The first-order valence-electron chi connectivity index (χ1n) is 7.42. The van der Waals surface area contributed by atoms with E-state index in [4.69, 9.17) is 9.90 Å². The van der Waals surface area contributed by atoms with Gasteiger partial charge in [-0.25, -0.2) is 0 Å². The maximum Gasteiger partial charge on any atom is 0.300 e. The van der Waals surface area contributed by atoms with E-state index in [0.29, 0.717) is 0 Å². The van der Waals surface area contributed by atoms with Crippen LogP contribution in [0.5, 0.6) is 0 Å². The molecule has 0 amide bonds. The van der Waals surface area contributed by atoms with Crippen LogP contribution in [0.15, 0.2) is 0 Å². The maximum atomic E-state index is 9.33. The zero-order valence-corrected chi connectivity index (χ0v) is 12.5. The van der Waals surface area contributed by atoms with Crippen molar-refractivity contribution in [3.05, 3.63) is 0 Å². The minimum absolute atomic E-state index is 0.0462. The van der Waals surface area contributed by atoms with Crippen LogP contribution in [0.1, 0.15) is 85.0 Å². The van der Waals surface area contributed by atoms with Gasteiger partial charge in [-0.3, -0.25) is 4.79 Å². The van der Waals surface area contributed by atoms with Gasteiger partial charge >= 0.3 is 0 Å². The van der Waals surface area contributed by atoms with Crippen molar-refractivity contribution in [3.8, 4) is 0 Å². The summed E-state index contributed by atoms with van der Waals surface area (Å²) in [6.45, 7) is 5.39. The third-order valence-corrected chi connectivity index (χ3v) is 2.86. The SMILES string of the molecule is CC(=O)O.CCCCCCCCCCC(O)CC. The Hall–Kier alpha value is -0.570. The number of unbranched alkanes of at least 4 members (excludes halogenated alkanes) is 7. The molecule has 1 unspecified atom stereocenters. The summed E-state index contributed by atoms with van der Waals surface area (Å²) in [5.74, 6) is -0.833. The molecule has 3 heteroatoms. The van der Waals surface area contributed by atoms with Gasteiger partial charge in [0.2, 0.25) is 0 Å². The van der Waals surface area contributed by atoms with Gasteiger partial charge in [0.15, 0.2) is 0 Å². The van der Waals surface area contributed by atoms with Crippen molar-refractivity contribution in [1.29, 1.82) is 0 Å². The van der Waals surface area contributed by atoms with Gasteiger partial charge in [0, 0.05) is 6.92 Å². The van der Waals surface area contributed by atoms with E-state index >= 15 is 0 Å². The second-order valence-electron chi connectivity index (χ2n) is 4.84. The molecule has 0 aliphatic heterocycles. The molecule has 3 nitrogen and oxygen atoms in total. The minimum atomic E-state index is -0.833. The highest BCUT2D eigenvalue weighted by atomic mass is 16.4. The van der Waals surface area contributed by atoms with Gasteiger partial charge < -0.3 is 10.2 Å². The van der Waals surface area contributed by atoms with Crippen LogP contribution < -0.4 is 0 Å². The zero-order valence-electron chi connectivity index (χ0n) is 12.5. The molecule has 0 bridgehead atoms. The average molecular weight is 260 g/mol. The lowest BCUT2D eigenvalue weighted by molar-refractivity contribution is -0.134. The van der Waals surface area contributed by atoms with Crippen molar-refractivity contribution in [2.75, 3.05) is 0 Å². The van der Waals surface area contributed by atoms with Crippen molar-refractivity contribution < 1.29 is 15.0 Å². The Morgan fingerprint density at radius 2 is 1.33 bits per heavy atom. The molecule has 1 atom stereocenters. The number of aliphatic carboxylic acids is 1. The summed E-state index contributed by atoms with van der Waals surface area (Å²) >= 11 is 0. The quantitative estimate of drug-likeness (QED) is 0.573. The molecule has 0 saturated heterocycles. The molecule has 0 heterocycles. The number of hydrogen-bond donors (Lipinski definition) is 2. The highest BCUT2D eigenvalue weighted by molar-refractivity contribution is 5.62. The van der Waals surface area contributed by atoms with Gasteiger partial charge in [0.1, 0.15) is 0 Å². The number of aliphatic hydroxyl groups is 1. The number of carboxylic acid groups (broad SMARTS) is 1. The monoisotopic (exact) mass is 260 g/mol. The van der Waals surface area contributed by atoms with Crippen LogP contribution in [0.4, 0.5) is 0 Å². The van der Waals surface area contributed by atoms with E-state index in [-0.39, 0.29) is 6.10 Å². The number of hydrogen-bond acceptors (Lipinski definition) is 2. The first kappa shape index (κ1) is 19.8. The highest BCUT2D eigenvalue weighted by Gasteiger charge is 1.99. The van der Waals surface area contributed by atoms with Gasteiger partial charge in [0.05, 0.1) is 6.10 Å². The van der Waals surface area contributed by atoms with Crippen LogP contribution in [-0.4, -0.2) is 22.3 Å². The van der Waals surface area contributed by atoms with Gasteiger partial charge in [-0.1, -0.05) is 65.2 Å². The van der Waals surface area contributed by atoms with Crippen LogP contribution in [0.25, 0.3) is 0 Å². The number of carbonyl (C=O) groups is 1. The van der Waals surface area contributed by atoms with Crippen molar-refractivity contribution >= 4 is 5.97 Å². The molecule has 0 aromatic heterocycles. The maximum absolute atomic E-state index is 9.33. The van der Waals surface area contributed by atoms with E-state index < -0.39 is 5.97 Å². The summed E-state index contributed by atoms with van der Waals surface area (Å²) in [4.78, 5) is 9.00. The molecule has 0 spiro atoms. The molecule has 0 rings (SSSR count). The Bertz CT molecular complexity index is 165. The third kappa shape index (κ3) is 24.6. The van der Waals surface area contributed by atoms with E-state index in [1.165, 1.54) is 51.4 Å². The van der Waals surface area contributed by atoms with Crippen LogP contribution in [-0.2, 0) is 4.79 Å². The molecule has 0 aromatic carbocycles. The molecule has 110 valence electrons. The Morgan fingerprint density at radius 3 is 1.72 bits per heavy atom. The molecule has 2 N–H and O–H groups in total. The normalized spacial score (nSPS) is 11.6. The van der Waals surface area contributed by atoms with Crippen molar-refractivity contribution in [1.82, 2.24) is 0 Å². The standard InChI is InChI=1S/C13H28O.C2H4O2/c1-3-5-6-7-8-9-10-11-12-13(14)4-2;1-2(3)4/h13-14H,3-12H2,1-2H3;1H3,(H,3,4). The summed E-state index contributed by atoms with van der Waals surface area (Å²) in [5.41, 5.74) is 0. The molecular weight excluding hydrogens is 228 g/mol. The summed E-state index contributed by atoms with van der Waals surface area (Å²) in [6.07, 6.45) is 12.7. The second-order valence-corrected chi connectivity index (χ2v) is 4.84. The summed E-state index contributed by atoms with van der Waals surface area (Å²) in [6, 6.07) is 0. The van der Waals surface area contributed by atoms with E-state index in [1.54, 1.807) is 0 Å². The lowest BCUT2D eigenvalue weighted by Crippen LogP contribution is -2.03. The van der Waals surface area contributed by atoms with Gasteiger partial charge in [-0.05, 0) is 12.8 Å². The van der Waals surface area contributed by atoms with Gasteiger partial charge in [0.25, 0.3) is 5.97 Å². The summed E-state index contributed by atoms with van der Waals surface area (Å²) < 4.78 is 0. The lowest BCUT2D eigenvalue weighted by Gasteiger charge is -2.06. The minimum Gasteiger partial charge on any atom is -0.481 e. The first-order valence-corrected chi connectivity index (χ1v) is 7.42. The first-order chi connectivity index (χ1) is 8.54. The summed E-state index contributed by atoms with van der Waals surface area (Å²) in [5, 5.41) is 16.7.